The van der Waals surface area contributed by atoms with E-state index in [4.69, 9.17) is 10.8 Å². The maximum atomic E-state index is 11.4. The molecule has 0 saturated carbocycles. The molecule has 0 radical (unpaired) electrons. The Bertz CT molecular complexity index is 353. The number of nitrogens with two attached hydrogens (primary N) is 1. The number of carboxylic acids is 1. The van der Waals surface area contributed by atoms with Crippen LogP contribution >= 0.6 is 11.3 Å². The molecule has 0 bridgehead atoms. The summed E-state index contributed by atoms with van der Waals surface area (Å²) in [5, 5.41) is 12.8. The first-order chi connectivity index (χ1) is 7.61. The van der Waals surface area contributed by atoms with Crippen LogP contribution in [-0.2, 0) is 4.79 Å². The number of nitrogens with zero attached hydrogens (tertiary/aromatic N) is 1. The zero-order valence-electron chi connectivity index (χ0n) is 8.55. The van der Waals surface area contributed by atoms with Gasteiger partial charge in [-0.3, -0.25) is 9.59 Å². The summed E-state index contributed by atoms with van der Waals surface area (Å²) in [6, 6.07) is -0.865. The average Bonchev–Trinajstić information content (AvgIpc) is 2.76. The van der Waals surface area contributed by atoms with Gasteiger partial charge < -0.3 is 16.2 Å². The Labute approximate surface area is 96.5 Å². The van der Waals surface area contributed by atoms with E-state index in [0.717, 1.165) is 0 Å². The van der Waals surface area contributed by atoms with Crippen molar-refractivity contribution in [3.8, 4) is 0 Å². The number of aromatic nitrogens is 1. The van der Waals surface area contributed by atoms with Crippen molar-refractivity contribution in [2.75, 3.05) is 6.54 Å². The number of carbonyl (C=O) groups excluding carboxylic acids is 1. The average molecular weight is 243 g/mol. The highest BCUT2D eigenvalue weighted by Crippen LogP contribution is 2.00. The summed E-state index contributed by atoms with van der Waals surface area (Å²) < 4.78 is 0. The Hall–Kier alpha value is -1.47. The van der Waals surface area contributed by atoms with Crippen molar-refractivity contribution in [1.29, 1.82) is 0 Å². The molecule has 1 aromatic rings. The minimum absolute atomic E-state index is 0.245. The highest BCUT2D eigenvalue weighted by Gasteiger charge is 2.11. The third-order valence-electron chi connectivity index (χ3n) is 1.96. The number of carbonyl (C=O) groups is 2. The molecule has 88 valence electrons. The Morgan fingerprint density at radius 2 is 2.38 bits per heavy atom. The third-order valence-corrected chi connectivity index (χ3v) is 2.55. The van der Waals surface area contributed by atoms with E-state index in [1.54, 1.807) is 10.9 Å². The molecule has 1 amide bonds. The van der Waals surface area contributed by atoms with Gasteiger partial charge in [0.1, 0.15) is 11.7 Å². The van der Waals surface area contributed by atoms with E-state index in [-0.39, 0.29) is 5.91 Å². The number of amides is 1. The lowest BCUT2D eigenvalue weighted by atomic mass is 10.2. The number of nitrogens with one attached hydrogen (secondary N) is 1. The molecule has 0 aliphatic heterocycles. The van der Waals surface area contributed by atoms with E-state index < -0.39 is 12.0 Å². The summed E-state index contributed by atoms with van der Waals surface area (Å²) in [5.74, 6) is -1.27. The smallest absolute Gasteiger partial charge is 0.320 e. The number of rotatable bonds is 6. The van der Waals surface area contributed by atoms with Crippen LogP contribution in [0.1, 0.15) is 23.3 Å². The van der Waals surface area contributed by atoms with Crippen molar-refractivity contribution >= 4 is 23.2 Å². The second-order valence-corrected chi connectivity index (χ2v) is 3.94. The van der Waals surface area contributed by atoms with E-state index in [9.17, 15) is 9.59 Å². The molecule has 0 saturated heterocycles. The minimum Gasteiger partial charge on any atom is -0.480 e. The van der Waals surface area contributed by atoms with Gasteiger partial charge in [-0.1, -0.05) is 0 Å². The lowest BCUT2D eigenvalue weighted by Gasteiger charge is -2.06. The number of aliphatic carboxylic acids is 1. The molecular weight excluding hydrogens is 230 g/mol. The van der Waals surface area contributed by atoms with Gasteiger partial charge in [0.2, 0.25) is 0 Å². The zero-order valence-corrected chi connectivity index (χ0v) is 9.37. The van der Waals surface area contributed by atoms with Crippen LogP contribution in [0.25, 0.3) is 0 Å². The maximum absolute atomic E-state index is 11.4. The van der Waals surface area contributed by atoms with Crippen molar-refractivity contribution in [1.82, 2.24) is 10.3 Å². The number of carboxylic acid groups (broad SMARTS) is 1. The first kappa shape index (κ1) is 12.6. The van der Waals surface area contributed by atoms with Gasteiger partial charge in [-0.25, -0.2) is 4.98 Å². The summed E-state index contributed by atoms with van der Waals surface area (Å²) in [6.45, 7) is 0.400. The predicted octanol–water partition coefficient (Wildman–Crippen LogP) is 0.0650. The molecule has 0 aromatic carbocycles. The van der Waals surface area contributed by atoms with Gasteiger partial charge >= 0.3 is 5.97 Å². The van der Waals surface area contributed by atoms with Crippen molar-refractivity contribution < 1.29 is 14.7 Å². The summed E-state index contributed by atoms with van der Waals surface area (Å²) in [7, 11) is 0. The van der Waals surface area contributed by atoms with Gasteiger partial charge in [-0.2, -0.15) is 0 Å². The van der Waals surface area contributed by atoms with Crippen LogP contribution in [0.15, 0.2) is 10.9 Å². The molecule has 0 aliphatic carbocycles. The van der Waals surface area contributed by atoms with Crippen LogP contribution in [-0.4, -0.2) is 34.6 Å². The number of thiazole rings is 1. The fraction of sp³-hybridized carbons (Fsp3) is 0.444. The third kappa shape index (κ3) is 3.95. The van der Waals surface area contributed by atoms with Crippen molar-refractivity contribution in [2.45, 2.75) is 18.9 Å². The Morgan fingerprint density at radius 3 is 2.94 bits per heavy atom. The van der Waals surface area contributed by atoms with E-state index >= 15 is 0 Å². The van der Waals surface area contributed by atoms with Gasteiger partial charge in [0.25, 0.3) is 5.91 Å². The summed E-state index contributed by atoms with van der Waals surface area (Å²) >= 11 is 1.35. The molecular formula is C9H13N3O3S. The van der Waals surface area contributed by atoms with Crippen LogP contribution in [0.3, 0.4) is 0 Å². The zero-order chi connectivity index (χ0) is 12.0. The maximum Gasteiger partial charge on any atom is 0.320 e. The van der Waals surface area contributed by atoms with Crippen molar-refractivity contribution in [3.63, 3.8) is 0 Å². The second kappa shape index (κ2) is 6.19. The monoisotopic (exact) mass is 243 g/mol. The fourth-order valence-electron chi connectivity index (χ4n) is 1.06. The molecule has 4 N–H and O–H groups in total. The molecule has 7 heteroatoms. The molecule has 1 aromatic heterocycles. The van der Waals surface area contributed by atoms with Gasteiger partial charge in [0.05, 0.1) is 5.51 Å². The Kier molecular flexibility index (Phi) is 4.87. The van der Waals surface area contributed by atoms with E-state index in [1.807, 2.05) is 0 Å². The first-order valence-electron chi connectivity index (χ1n) is 4.76. The lowest BCUT2D eigenvalue weighted by molar-refractivity contribution is -0.138. The molecule has 1 unspecified atom stereocenters. The molecule has 0 spiro atoms. The molecule has 1 rings (SSSR count). The van der Waals surface area contributed by atoms with Crippen LogP contribution in [0.2, 0.25) is 0 Å². The number of hydrogen-bond donors (Lipinski definition) is 3. The van der Waals surface area contributed by atoms with Gasteiger partial charge in [0, 0.05) is 11.9 Å². The largest absolute Gasteiger partial charge is 0.480 e. The molecule has 0 aliphatic rings. The van der Waals surface area contributed by atoms with Crippen LogP contribution < -0.4 is 11.1 Å². The van der Waals surface area contributed by atoms with E-state index in [2.05, 4.69) is 10.3 Å². The highest BCUT2D eigenvalue weighted by molar-refractivity contribution is 7.07. The highest BCUT2D eigenvalue weighted by atomic mass is 32.1. The Balaban J connectivity index is 2.17. The molecule has 1 heterocycles. The summed E-state index contributed by atoms with van der Waals surface area (Å²) in [5.41, 5.74) is 7.27. The van der Waals surface area contributed by atoms with Gasteiger partial charge in [0.15, 0.2) is 0 Å². The molecule has 1 atom stereocenters. The second-order valence-electron chi connectivity index (χ2n) is 3.22. The normalized spacial score (nSPS) is 12.1. The Morgan fingerprint density at radius 1 is 1.62 bits per heavy atom. The number of hydrogen-bond acceptors (Lipinski definition) is 5. The van der Waals surface area contributed by atoms with E-state index in [1.165, 1.54) is 11.3 Å². The SMILES string of the molecule is NC(CCCNC(=O)c1cscn1)C(=O)O. The fourth-order valence-corrected chi connectivity index (χ4v) is 1.59. The summed E-state index contributed by atoms with van der Waals surface area (Å²) in [6.07, 6.45) is 0.871. The van der Waals surface area contributed by atoms with Gasteiger partial charge in [-0.05, 0) is 12.8 Å². The van der Waals surface area contributed by atoms with Crippen LogP contribution in [0.4, 0.5) is 0 Å². The first-order valence-corrected chi connectivity index (χ1v) is 5.70. The van der Waals surface area contributed by atoms with E-state index in [0.29, 0.717) is 25.1 Å². The van der Waals surface area contributed by atoms with Crippen LogP contribution in [0, 0.1) is 0 Å². The lowest BCUT2D eigenvalue weighted by Crippen LogP contribution is -2.32. The summed E-state index contributed by atoms with van der Waals surface area (Å²) in [4.78, 5) is 25.6. The quantitative estimate of drug-likeness (QED) is 0.613. The molecule has 6 nitrogen and oxygen atoms in total. The predicted molar refractivity (Wildman–Crippen MR) is 59.3 cm³/mol. The van der Waals surface area contributed by atoms with Gasteiger partial charge in [-0.15, -0.1) is 11.3 Å². The molecule has 16 heavy (non-hydrogen) atoms. The van der Waals surface area contributed by atoms with Crippen molar-refractivity contribution in [3.05, 3.63) is 16.6 Å². The molecule has 0 fully saturated rings. The standard InChI is InChI=1S/C9H13N3O3S/c10-6(9(14)15)2-1-3-11-8(13)7-4-16-5-12-7/h4-6H,1-3,10H2,(H,11,13)(H,14,15). The van der Waals surface area contributed by atoms with Crippen molar-refractivity contribution in [2.24, 2.45) is 5.73 Å². The minimum atomic E-state index is -1.02. The van der Waals surface area contributed by atoms with Crippen LogP contribution in [0.5, 0.6) is 0 Å². The topological polar surface area (TPSA) is 105 Å².